The van der Waals surface area contributed by atoms with Gasteiger partial charge in [0.05, 0.1) is 23.7 Å². The van der Waals surface area contributed by atoms with E-state index in [1.54, 1.807) is 42.6 Å². The van der Waals surface area contributed by atoms with E-state index in [2.05, 4.69) is 15.2 Å². The second-order valence-corrected chi connectivity index (χ2v) is 8.98. The van der Waals surface area contributed by atoms with Crippen molar-refractivity contribution in [1.82, 2.24) is 4.98 Å². The number of pyridine rings is 1. The van der Waals surface area contributed by atoms with Crippen molar-refractivity contribution in [3.05, 3.63) is 72.9 Å². The van der Waals surface area contributed by atoms with Crippen molar-refractivity contribution < 1.29 is 48.7 Å². The van der Waals surface area contributed by atoms with Crippen LogP contribution in [-0.2, 0) is 10.1 Å². The van der Waals surface area contributed by atoms with Gasteiger partial charge in [-0.05, 0) is 44.2 Å². The molecule has 0 saturated carbocycles. The average Bonchev–Trinajstić information content (AvgIpc) is 2.78. The molecule has 0 aliphatic carbocycles. The van der Waals surface area contributed by atoms with Gasteiger partial charge >= 0.3 is 29.6 Å². The Kier molecular flexibility index (Phi) is 8.06. The van der Waals surface area contributed by atoms with Gasteiger partial charge in [0.1, 0.15) is 22.0 Å². The molecule has 0 saturated heterocycles. The van der Waals surface area contributed by atoms with Crippen LogP contribution in [0, 0.1) is 0 Å². The van der Waals surface area contributed by atoms with Crippen molar-refractivity contribution in [2.45, 2.75) is 24.8 Å². The number of nitrogen functional groups attached to an aromatic ring is 1. The Labute approximate surface area is 221 Å². The zero-order valence-electron chi connectivity index (χ0n) is 20.0. The topological polar surface area (TPSA) is 127 Å². The molecule has 3 N–H and O–H groups in total. The molecule has 34 heavy (non-hydrogen) atoms. The van der Waals surface area contributed by atoms with Crippen LogP contribution in [0.3, 0.4) is 0 Å². The maximum atomic E-state index is 11.9. The molecule has 0 aliphatic heterocycles. The number of hydrogen-bond acceptors (Lipinski definition) is 7. The van der Waals surface area contributed by atoms with Crippen LogP contribution in [0.4, 0.5) is 17.1 Å². The summed E-state index contributed by atoms with van der Waals surface area (Å²) < 4.78 is 39.2. The van der Waals surface area contributed by atoms with Crippen molar-refractivity contribution in [3.8, 4) is 17.0 Å². The van der Waals surface area contributed by atoms with Gasteiger partial charge in [-0.3, -0.25) is 9.54 Å². The number of ether oxygens (including phenoxy) is 1. The molecule has 3 aromatic carbocycles. The minimum absolute atomic E-state index is 0. The van der Waals surface area contributed by atoms with Crippen molar-refractivity contribution in [1.29, 1.82) is 0 Å². The summed E-state index contributed by atoms with van der Waals surface area (Å²) in [6.07, 6.45) is 1.57. The maximum Gasteiger partial charge on any atom is 1.00 e. The first-order valence-electron chi connectivity index (χ1n) is 10.2. The second kappa shape index (κ2) is 10.6. The van der Waals surface area contributed by atoms with Crippen LogP contribution < -0.4 is 40.0 Å². The number of hydrogen-bond donors (Lipinski definition) is 2. The number of rotatable bonds is 6. The molecule has 0 amide bonds. The molecule has 0 aliphatic rings. The van der Waals surface area contributed by atoms with E-state index in [0.29, 0.717) is 22.2 Å². The van der Waals surface area contributed by atoms with Crippen LogP contribution in [0.5, 0.6) is 5.75 Å². The Morgan fingerprint density at radius 2 is 1.68 bits per heavy atom. The number of benzene rings is 3. The van der Waals surface area contributed by atoms with Crippen molar-refractivity contribution in [2.75, 3.05) is 5.73 Å². The number of fused-ring (bicyclic) bond motifs is 1. The Morgan fingerprint density at radius 1 is 1.00 bits per heavy atom. The number of nitrogens with zero attached hydrogens (tertiary/aromatic N) is 3. The summed E-state index contributed by atoms with van der Waals surface area (Å²) in [7, 11) is -4.48. The fraction of sp³-hybridized carbons (Fsp3) is 0.125. The summed E-state index contributed by atoms with van der Waals surface area (Å²) >= 11 is 0. The molecule has 8 nitrogen and oxygen atoms in total. The van der Waals surface area contributed by atoms with E-state index in [4.69, 9.17) is 10.5 Å². The summed E-state index contributed by atoms with van der Waals surface area (Å²) in [6, 6.07) is 19.0. The summed E-state index contributed by atoms with van der Waals surface area (Å²) in [4.78, 5) is 4.18. The van der Waals surface area contributed by atoms with Crippen LogP contribution in [-0.4, -0.2) is 24.1 Å². The van der Waals surface area contributed by atoms with Gasteiger partial charge in [-0.2, -0.15) is 8.42 Å². The molecule has 1 aromatic heterocycles. The van der Waals surface area contributed by atoms with Crippen molar-refractivity contribution >= 4 is 38.0 Å². The normalized spacial score (nSPS) is 11.6. The van der Waals surface area contributed by atoms with Gasteiger partial charge in [-0.1, -0.05) is 36.4 Å². The first kappa shape index (κ1) is 25.8. The van der Waals surface area contributed by atoms with Gasteiger partial charge in [-0.15, -0.1) is 10.2 Å². The molecule has 0 atom stereocenters. The number of azo groups is 1. The molecule has 1 heterocycles. The van der Waals surface area contributed by atoms with E-state index >= 15 is 0 Å². The molecule has 0 radical (unpaired) electrons. The minimum atomic E-state index is -4.48. The predicted octanol–water partition coefficient (Wildman–Crippen LogP) is 3.05. The smallest absolute Gasteiger partial charge is 1.00 e. The quantitative estimate of drug-likeness (QED) is 0.187. The standard InChI is InChI=1S/C24H22N4O4S.Na.H/c1-15(2)32-22-10-6-5-9-19(22)20-12-11-16(14-26-20)27-28-21-13-23(33(29,30)31)17-7-3-4-8-18(17)24(21)25;;/h3-15H,25H2,1-2H3,(H,29,30,31);;/q;+1;-1. The Balaban J connectivity index is 0.00000216. The first-order valence-corrected chi connectivity index (χ1v) is 11.6. The van der Waals surface area contributed by atoms with Crippen molar-refractivity contribution in [3.63, 3.8) is 0 Å². The minimum Gasteiger partial charge on any atom is -1.00 e. The summed E-state index contributed by atoms with van der Waals surface area (Å²) in [6.45, 7) is 3.92. The van der Waals surface area contributed by atoms with Crippen LogP contribution in [0.15, 0.2) is 88.1 Å². The third-order valence-electron chi connectivity index (χ3n) is 4.85. The molecule has 10 heteroatoms. The van der Waals surface area contributed by atoms with Crippen LogP contribution >= 0.6 is 0 Å². The van der Waals surface area contributed by atoms with Gasteiger partial charge in [0, 0.05) is 16.3 Å². The fourth-order valence-electron chi connectivity index (χ4n) is 3.40. The molecule has 0 spiro atoms. The van der Waals surface area contributed by atoms with Gasteiger partial charge in [0.25, 0.3) is 10.1 Å². The van der Waals surface area contributed by atoms with Gasteiger partial charge in [-0.25, -0.2) is 0 Å². The van der Waals surface area contributed by atoms with E-state index in [1.807, 2.05) is 38.1 Å². The molecule has 0 unspecified atom stereocenters. The van der Waals surface area contributed by atoms with E-state index < -0.39 is 10.1 Å². The van der Waals surface area contributed by atoms with E-state index in [1.165, 1.54) is 6.07 Å². The fourth-order valence-corrected chi connectivity index (χ4v) is 4.11. The molecule has 4 aromatic rings. The maximum absolute atomic E-state index is 11.9. The van der Waals surface area contributed by atoms with Crippen LogP contribution in [0.2, 0.25) is 0 Å². The second-order valence-electron chi connectivity index (χ2n) is 7.59. The zero-order chi connectivity index (χ0) is 23.6. The van der Waals surface area contributed by atoms with E-state index in [9.17, 15) is 13.0 Å². The number of anilines is 1. The molecule has 170 valence electrons. The Morgan fingerprint density at radius 3 is 2.32 bits per heavy atom. The van der Waals surface area contributed by atoms with Gasteiger partial charge in [0.15, 0.2) is 0 Å². The summed E-state index contributed by atoms with van der Waals surface area (Å²) in [5.74, 6) is 0.732. The molecular formula is C24H23N4NaO4S. The zero-order valence-corrected chi connectivity index (χ0v) is 21.8. The number of nitrogens with two attached hydrogens (primary N) is 1. The number of para-hydroxylation sites is 1. The Bertz CT molecular complexity index is 1460. The monoisotopic (exact) mass is 486 g/mol. The SMILES string of the molecule is CC(C)Oc1ccccc1-c1ccc(N=Nc2cc(S(=O)(=O)O)c3ccccc3c2N)cn1.[H-].[Na+]. The molecule has 0 bridgehead atoms. The first-order chi connectivity index (χ1) is 15.7. The summed E-state index contributed by atoms with van der Waals surface area (Å²) in [5, 5.41) is 9.03. The van der Waals surface area contributed by atoms with Crippen LogP contribution in [0.25, 0.3) is 22.0 Å². The average molecular weight is 487 g/mol. The molecular weight excluding hydrogens is 463 g/mol. The third-order valence-corrected chi connectivity index (χ3v) is 5.74. The van der Waals surface area contributed by atoms with Crippen molar-refractivity contribution in [2.24, 2.45) is 10.2 Å². The third kappa shape index (κ3) is 5.63. The molecule has 4 rings (SSSR count). The predicted molar refractivity (Wildman–Crippen MR) is 129 cm³/mol. The number of aromatic nitrogens is 1. The molecule has 0 fully saturated rings. The largest absolute Gasteiger partial charge is 1.00 e. The van der Waals surface area contributed by atoms with E-state index in [0.717, 1.165) is 11.3 Å². The van der Waals surface area contributed by atoms with Crippen LogP contribution in [0.1, 0.15) is 15.3 Å². The Hall–Kier alpha value is -2.82. The van der Waals surface area contributed by atoms with Gasteiger partial charge < -0.3 is 11.9 Å². The summed E-state index contributed by atoms with van der Waals surface area (Å²) in [5.41, 5.74) is 8.59. The van der Waals surface area contributed by atoms with E-state index in [-0.39, 0.29) is 53.4 Å². The van der Waals surface area contributed by atoms with Gasteiger partial charge in [0.2, 0.25) is 0 Å².